The molecule has 2 heteroatoms. The fraction of sp³-hybridized carbons (Fsp3) is 0.800. The first-order valence-electron chi connectivity index (χ1n) is 4.53. The van der Waals surface area contributed by atoms with Crippen LogP contribution in [0.1, 0.15) is 33.6 Å². The predicted octanol–water partition coefficient (Wildman–Crippen LogP) is 1.47. The summed E-state index contributed by atoms with van der Waals surface area (Å²) in [5, 5.41) is 19.2. The van der Waals surface area contributed by atoms with Gasteiger partial charge in [0.2, 0.25) is 0 Å². The van der Waals surface area contributed by atoms with E-state index in [1.165, 1.54) is 5.57 Å². The Morgan fingerprint density at radius 2 is 2.17 bits per heavy atom. The Labute approximate surface area is 73.9 Å². The molecule has 12 heavy (non-hydrogen) atoms. The number of aliphatic hydroxyl groups is 2. The molecule has 0 radical (unpaired) electrons. The van der Waals surface area contributed by atoms with Gasteiger partial charge in [0.05, 0.1) is 11.7 Å². The summed E-state index contributed by atoms with van der Waals surface area (Å²) in [6.07, 6.45) is 2.64. The van der Waals surface area contributed by atoms with Crippen molar-refractivity contribution in [3.63, 3.8) is 0 Å². The Hall–Kier alpha value is -0.340. The van der Waals surface area contributed by atoms with Crippen molar-refractivity contribution in [3.05, 3.63) is 11.6 Å². The zero-order valence-corrected chi connectivity index (χ0v) is 8.04. The molecule has 0 heterocycles. The molecule has 0 aromatic rings. The van der Waals surface area contributed by atoms with Gasteiger partial charge in [0, 0.05) is 0 Å². The predicted molar refractivity (Wildman–Crippen MR) is 48.8 cm³/mol. The normalized spacial score (nSPS) is 36.8. The molecule has 1 aliphatic rings. The van der Waals surface area contributed by atoms with Crippen LogP contribution in [0.25, 0.3) is 0 Å². The molecule has 0 aliphatic heterocycles. The highest BCUT2D eigenvalue weighted by atomic mass is 16.3. The smallest absolute Gasteiger partial charge is 0.0914 e. The highest BCUT2D eigenvalue weighted by Gasteiger charge is 2.33. The van der Waals surface area contributed by atoms with E-state index >= 15 is 0 Å². The first-order valence-corrected chi connectivity index (χ1v) is 4.53. The molecule has 1 rings (SSSR count). The SMILES string of the molecule is CC(C)C1=CCC(C)(O)C(O)C1. The lowest BCUT2D eigenvalue weighted by Gasteiger charge is -2.34. The minimum atomic E-state index is -0.918. The van der Waals surface area contributed by atoms with Gasteiger partial charge in [-0.25, -0.2) is 0 Å². The van der Waals surface area contributed by atoms with Gasteiger partial charge in [-0.05, 0) is 25.7 Å². The van der Waals surface area contributed by atoms with E-state index in [0.717, 1.165) is 0 Å². The molecule has 1 aliphatic carbocycles. The minimum Gasteiger partial charge on any atom is -0.390 e. The van der Waals surface area contributed by atoms with E-state index in [4.69, 9.17) is 0 Å². The molecule has 2 unspecified atom stereocenters. The topological polar surface area (TPSA) is 40.5 Å². The van der Waals surface area contributed by atoms with Crippen molar-refractivity contribution in [1.82, 2.24) is 0 Å². The van der Waals surface area contributed by atoms with Crippen molar-refractivity contribution in [1.29, 1.82) is 0 Å². The lowest BCUT2D eigenvalue weighted by molar-refractivity contribution is -0.0644. The Morgan fingerprint density at radius 3 is 2.58 bits per heavy atom. The van der Waals surface area contributed by atoms with Crippen molar-refractivity contribution >= 4 is 0 Å². The summed E-state index contributed by atoms with van der Waals surface area (Å²) >= 11 is 0. The second kappa shape index (κ2) is 3.19. The van der Waals surface area contributed by atoms with E-state index in [2.05, 4.69) is 19.9 Å². The average molecular weight is 170 g/mol. The Bertz CT molecular complexity index is 192. The number of hydrogen-bond donors (Lipinski definition) is 2. The van der Waals surface area contributed by atoms with Crippen LogP contribution in [-0.2, 0) is 0 Å². The number of aliphatic hydroxyl groups excluding tert-OH is 1. The van der Waals surface area contributed by atoms with Crippen LogP contribution in [0, 0.1) is 5.92 Å². The molecule has 70 valence electrons. The van der Waals surface area contributed by atoms with Crippen LogP contribution in [0.15, 0.2) is 11.6 Å². The maximum absolute atomic E-state index is 9.65. The molecule has 2 atom stereocenters. The molecule has 0 amide bonds. The largest absolute Gasteiger partial charge is 0.390 e. The third-order valence-corrected chi connectivity index (χ3v) is 2.67. The monoisotopic (exact) mass is 170 g/mol. The van der Waals surface area contributed by atoms with E-state index in [0.29, 0.717) is 18.8 Å². The van der Waals surface area contributed by atoms with Crippen molar-refractivity contribution in [2.24, 2.45) is 5.92 Å². The molecule has 2 N–H and O–H groups in total. The molecule has 0 fully saturated rings. The highest BCUT2D eigenvalue weighted by Crippen LogP contribution is 2.30. The fourth-order valence-corrected chi connectivity index (χ4v) is 1.47. The molecular formula is C10H18O2. The van der Waals surface area contributed by atoms with E-state index in [1.807, 2.05) is 0 Å². The molecular weight excluding hydrogens is 152 g/mol. The van der Waals surface area contributed by atoms with E-state index in [9.17, 15) is 10.2 Å². The van der Waals surface area contributed by atoms with E-state index < -0.39 is 11.7 Å². The molecule has 0 aromatic heterocycles. The van der Waals surface area contributed by atoms with Crippen molar-refractivity contribution in [3.8, 4) is 0 Å². The van der Waals surface area contributed by atoms with Gasteiger partial charge in [0.25, 0.3) is 0 Å². The average Bonchev–Trinajstić information content (AvgIpc) is 1.94. The summed E-state index contributed by atoms with van der Waals surface area (Å²) in [5.41, 5.74) is 0.340. The second-order valence-electron chi connectivity index (χ2n) is 4.21. The van der Waals surface area contributed by atoms with Crippen LogP contribution in [0.3, 0.4) is 0 Å². The van der Waals surface area contributed by atoms with Gasteiger partial charge in [-0.15, -0.1) is 0 Å². The van der Waals surface area contributed by atoms with Gasteiger partial charge in [0.15, 0.2) is 0 Å². The summed E-state index contributed by atoms with van der Waals surface area (Å²) in [7, 11) is 0. The van der Waals surface area contributed by atoms with Crippen molar-refractivity contribution in [2.45, 2.75) is 45.3 Å². The Balaban J connectivity index is 2.71. The molecule has 0 bridgehead atoms. The number of rotatable bonds is 1. The maximum Gasteiger partial charge on any atom is 0.0914 e. The quantitative estimate of drug-likeness (QED) is 0.585. The van der Waals surface area contributed by atoms with Crippen LogP contribution in [0.4, 0.5) is 0 Å². The van der Waals surface area contributed by atoms with Crippen LogP contribution in [0.5, 0.6) is 0 Å². The summed E-state index contributed by atoms with van der Waals surface area (Å²) in [5.74, 6) is 0.482. The zero-order valence-electron chi connectivity index (χ0n) is 8.04. The van der Waals surface area contributed by atoms with Crippen molar-refractivity contribution in [2.75, 3.05) is 0 Å². The van der Waals surface area contributed by atoms with Crippen LogP contribution in [-0.4, -0.2) is 21.9 Å². The standard InChI is InChI=1S/C10H18O2/c1-7(2)8-4-5-10(3,12)9(11)6-8/h4,7,9,11-12H,5-6H2,1-3H3. The summed E-state index contributed by atoms with van der Waals surface area (Å²) in [6.45, 7) is 5.91. The van der Waals surface area contributed by atoms with Gasteiger partial charge in [-0.3, -0.25) is 0 Å². The lowest BCUT2D eigenvalue weighted by Crippen LogP contribution is -2.41. The molecule has 0 saturated heterocycles. The van der Waals surface area contributed by atoms with Crippen LogP contribution in [0.2, 0.25) is 0 Å². The van der Waals surface area contributed by atoms with Gasteiger partial charge < -0.3 is 10.2 Å². The molecule has 2 nitrogen and oxygen atoms in total. The molecule has 0 saturated carbocycles. The lowest BCUT2D eigenvalue weighted by atomic mass is 9.81. The van der Waals surface area contributed by atoms with E-state index in [-0.39, 0.29) is 0 Å². The first kappa shape index (κ1) is 9.75. The third kappa shape index (κ3) is 1.87. The molecule has 0 spiro atoms. The minimum absolute atomic E-state index is 0.482. The van der Waals surface area contributed by atoms with Gasteiger partial charge in [0.1, 0.15) is 0 Å². The van der Waals surface area contributed by atoms with Gasteiger partial charge in [-0.1, -0.05) is 25.5 Å². The number of hydrogen-bond acceptors (Lipinski definition) is 2. The van der Waals surface area contributed by atoms with Crippen LogP contribution < -0.4 is 0 Å². The maximum atomic E-state index is 9.65. The van der Waals surface area contributed by atoms with Crippen LogP contribution >= 0.6 is 0 Å². The second-order valence-corrected chi connectivity index (χ2v) is 4.21. The highest BCUT2D eigenvalue weighted by molar-refractivity contribution is 5.14. The zero-order chi connectivity index (χ0) is 9.35. The first-order chi connectivity index (χ1) is 5.43. The van der Waals surface area contributed by atoms with E-state index in [1.54, 1.807) is 6.92 Å². The summed E-state index contributed by atoms with van der Waals surface area (Å²) < 4.78 is 0. The fourth-order valence-electron chi connectivity index (χ4n) is 1.47. The van der Waals surface area contributed by atoms with Crippen molar-refractivity contribution < 1.29 is 10.2 Å². The summed E-state index contributed by atoms with van der Waals surface area (Å²) in [6, 6.07) is 0. The Morgan fingerprint density at radius 1 is 1.58 bits per heavy atom. The third-order valence-electron chi connectivity index (χ3n) is 2.67. The van der Waals surface area contributed by atoms with Gasteiger partial charge in [-0.2, -0.15) is 0 Å². The summed E-state index contributed by atoms with van der Waals surface area (Å²) in [4.78, 5) is 0. The molecule has 0 aromatic carbocycles. The van der Waals surface area contributed by atoms with Gasteiger partial charge >= 0.3 is 0 Å². The Kier molecular flexibility index (Phi) is 2.59.